The summed E-state index contributed by atoms with van der Waals surface area (Å²) in [7, 11) is 0. The lowest BCUT2D eigenvalue weighted by Gasteiger charge is -2.32. The van der Waals surface area contributed by atoms with Crippen LogP contribution in [0.2, 0.25) is 0 Å². The molecular formula is C21H27N3O4S. The van der Waals surface area contributed by atoms with Crippen molar-refractivity contribution >= 4 is 39.2 Å². The highest BCUT2D eigenvalue weighted by Gasteiger charge is 2.31. The van der Waals surface area contributed by atoms with Crippen molar-refractivity contribution in [3.05, 3.63) is 29.3 Å². The van der Waals surface area contributed by atoms with Gasteiger partial charge >= 0.3 is 0 Å². The third-order valence-corrected chi connectivity index (χ3v) is 6.09. The van der Waals surface area contributed by atoms with Crippen LogP contribution >= 0.6 is 11.3 Å². The van der Waals surface area contributed by atoms with Crippen LogP contribution in [0.3, 0.4) is 0 Å². The maximum atomic E-state index is 13.1. The Morgan fingerprint density at radius 2 is 2.10 bits per heavy atom. The van der Waals surface area contributed by atoms with Crippen molar-refractivity contribution in [3.63, 3.8) is 0 Å². The molecule has 29 heavy (non-hydrogen) atoms. The zero-order chi connectivity index (χ0) is 20.8. The first-order valence-electron chi connectivity index (χ1n) is 10.1. The average Bonchev–Trinajstić information content (AvgIpc) is 3.17. The van der Waals surface area contributed by atoms with E-state index < -0.39 is 12.1 Å². The fraction of sp³-hybridized carbons (Fsp3) is 0.524. The van der Waals surface area contributed by atoms with E-state index in [0.29, 0.717) is 24.6 Å². The van der Waals surface area contributed by atoms with Crippen molar-refractivity contribution < 1.29 is 19.1 Å². The highest BCUT2D eigenvalue weighted by molar-refractivity contribution is 7.20. The predicted octanol–water partition coefficient (Wildman–Crippen LogP) is 2.79. The fourth-order valence-corrected chi connectivity index (χ4v) is 4.31. The molecule has 8 heteroatoms. The Labute approximate surface area is 174 Å². The molecule has 3 rings (SSSR count). The minimum absolute atomic E-state index is 0.0869. The van der Waals surface area contributed by atoms with Crippen LogP contribution in [0.5, 0.6) is 0 Å². The van der Waals surface area contributed by atoms with E-state index in [1.165, 1.54) is 18.3 Å². The van der Waals surface area contributed by atoms with Gasteiger partial charge in [0, 0.05) is 13.5 Å². The summed E-state index contributed by atoms with van der Waals surface area (Å²) in [5, 5.41) is 3.27. The lowest BCUT2D eigenvalue weighted by molar-refractivity contribution is -0.146. The summed E-state index contributed by atoms with van der Waals surface area (Å²) in [6, 6.07) is 6.96. The van der Waals surface area contributed by atoms with Gasteiger partial charge in [0.05, 0.1) is 29.4 Å². The number of nitrogens with one attached hydrogen (secondary N) is 1. The molecular weight excluding hydrogens is 390 g/mol. The molecule has 2 unspecified atom stereocenters. The Morgan fingerprint density at radius 1 is 1.31 bits per heavy atom. The average molecular weight is 418 g/mol. The van der Waals surface area contributed by atoms with Crippen LogP contribution in [0.4, 0.5) is 0 Å². The van der Waals surface area contributed by atoms with Gasteiger partial charge in [0.1, 0.15) is 0 Å². The number of benzene rings is 1. The summed E-state index contributed by atoms with van der Waals surface area (Å²) in [6.07, 6.45) is 2.64. The summed E-state index contributed by atoms with van der Waals surface area (Å²) >= 11 is 1.34. The summed E-state index contributed by atoms with van der Waals surface area (Å²) in [4.78, 5) is 43.6. The smallest absolute Gasteiger partial charge is 0.251 e. The van der Waals surface area contributed by atoms with Crippen LogP contribution < -0.4 is 5.32 Å². The van der Waals surface area contributed by atoms with Gasteiger partial charge in [0.25, 0.3) is 5.91 Å². The Bertz CT molecular complexity index is 849. The number of Topliss-reactive ketones (excluding diaryl/α,β-unsaturated/α-hetero) is 1. The molecule has 0 radical (unpaired) electrons. The highest BCUT2D eigenvalue weighted by Crippen LogP contribution is 2.23. The number of ether oxygens (including phenoxy) is 1. The molecule has 0 bridgehead atoms. The molecule has 2 atom stereocenters. The molecule has 1 fully saturated rings. The molecule has 2 aromatic rings. The van der Waals surface area contributed by atoms with Crippen molar-refractivity contribution in [2.75, 3.05) is 19.7 Å². The van der Waals surface area contributed by atoms with Crippen LogP contribution in [0, 0.1) is 0 Å². The van der Waals surface area contributed by atoms with Crippen LogP contribution in [0.1, 0.15) is 49.3 Å². The van der Waals surface area contributed by atoms with E-state index in [4.69, 9.17) is 4.74 Å². The van der Waals surface area contributed by atoms with Crippen molar-refractivity contribution in [1.29, 1.82) is 0 Å². The number of thiazole rings is 1. The molecule has 7 nitrogen and oxygen atoms in total. The summed E-state index contributed by atoms with van der Waals surface area (Å²) in [6.45, 7) is 4.56. The summed E-state index contributed by atoms with van der Waals surface area (Å²) < 4.78 is 6.50. The van der Waals surface area contributed by atoms with Crippen LogP contribution in [-0.2, 0) is 14.3 Å². The van der Waals surface area contributed by atoms with Gasteiger partial charge in [0.2, 0.25) is 11.7 Å². The van der Waals surface area contributed by atoms with E-state index in [1.54, 1.807) is 4.90 Å². The minimum Gasteiger partial charge on any atom is -0.365 e. The third kappa shape index (κ3) is 5.39. The lowest BCUT2D eigenvalue weighted by Crippen LogP contribution is -2.54. The van der Waals surface area contributed by atoms with E-state index in [-0.39, 0.29) is 24.1 Å². The number of nitrogens with zero attached hydrogens (tertiary/aromatic N) is 2. The van der Waals surface area contributed by atoms with E-state index in [9.17, 15) is 14.4 Å². The number of morpholine rings is 1. The first kappa shape index (κ1) is 21.4. The predicted molar refractivity (Wildman–Crippen MR) is 112 cm³/mol. The molecule has 1 N–H and O–H groups in total. The van der Waals surface area contributed by atoms with E-state index in [0.717, 1.165) is 29.5 Å². The molecule has 0 aliphatic carbocycles. The van der Waals surface area contributed by atoms with Gasteiger partial charge in [0.15, 0.2) is 11.1 Å². The van der Waals surface area contributed by atoms with Gasteiger partial charge in [-0.05, 0) is 18.6 Å². The number of unbranched alkanes of at least 4 members (excludes halogenated alkanes) is 2. The first-order chi connectivity index (χ1) is 14.0. The SMILES string of the molecule is CCCCCC(NC(=O)C1CN(C(C)=O)CCO1)C(=O)c1nc2ccccc2s1. The Kier molecular flexibility index (Phi) is 7.33. The fourth-order valence-electron chi connectivity index (χ4n) is 3.35. The standard InChI is InChI=1S/C21H27N3O4S/c1-3-4-5-9-16(19(26)21-23-15-8-6-7-10-18(15)29-21)22-20(27)17-13-24(14(2)25)11-12-28-17/h6-8,10,16-17H,3-5,9,11-13H2,1-2H3,(H,22,27). The molecule has 2 amide bonds. The third-order valence-electron chi connectivity index (χ3n) is 5.04. The largest absolute Gasteiger partial charge is 0.365 e. The van der Waals surface area contributed by atoms with Gasteiger partial charge in [-0.3, -0.25) is 14.4 Å². The summed E-state index contributed by atoms with van der Waals surface area (Å²) in [5.74, 6) is -0.613. The topological polar surface area (TPSA) is 88.6 Å². The van der Waals surface area contributed by atoms with E-state index in [2.05, 4.69) is 17.2 Å². The quantitative estimate of drug-likeness (QED) is 0.527. The number of carbonyl (C=O) groups excluding carboxylic acids is 3. The number of fused-ring (bicyclic) bond motifs is 1. The molecule has 0 saturated carbocycles. The second-order valence-corrected chi connectivity index (χ2v) is 8.26. The van der Waals surface area contributed by atoms with Gasteiger partial charge in [-0.25, -0.2) is 4.98 Å². The number of rotatable bonds is 8. The normalized spacial score (nSPS) is 17.9. The zero-order valence-electron chi connectivity index (χ0n) is 16.8. The number of ketones is 1. The number of para-hydroxylation sites is 1. The maximum absolute atomic E-state index is 13.1. The van der Waals surface area contributed by atoms with E-state index >= 15 is 0 Å². The van der Waals surface area contributed by atoms with Crippen molar-refractivity contribution in [2.45, 2.75) is 51.7 Å². The van der Waals surface area contributed by atoms with Crippen LogP contribution in [0.15, 0.2) is 24.3 Å². The van der Waals surface area contributed by atoms with E-state index in [1.807, 2.05) is 24.3 Å². The molecule has 1 aliphatic rings. The molecule has 156 valence electrons. The molecule has 2 heterocycles. The molecule has 0 spiro atoms. The van der Waals surface area contributed by atoms with Gasteiger partial charge < -0.3 is 15.0 Å². The Morgan fingerprint density at radius 3 is 2.83 bits per heavy atom. The van der Waals surface area contributed by atoms with Gasteiger partial charge in [-0.2, -0.15) is 0 Å². The number of carbonyl (C=O) groups is 3. The van der Waals surface area contributed by atoms with Crippen molar-refractivity contribution in [2.24, 2.45) is 0 Å². The lowest BCUT2D eigenvalue weighted by atomic mass is 10.0. The monoisotopic (exact) mass is 417 g/mol. The number of hydrogen-bond donors (Lipinski definition) is 1. The Balaban J connectivity index is 1.72. The molecule has 1 aromatic heterocycles. The highest BCUT2D eigenvalue weighted by atomic mass is 32.1. The number of aromatic nitrogens is 1. The van der Waals surface area contributed by atoms with Crippen LogP contribution in [0.25, 0.3) is 10.2 Å². The second kappa shape index (κ2) is 9.93. The zero-order valence-corrected chi connectivity index (χ0v) is 17.7. The first-order valence-corrected chi connectivity index (χ1v) is 10.9. The number of amides is 2. The van der Waals surface area contributed by atoms with Crippen LogP contribution in [-0.4, -0.2) is 59.3 Å². The van der Waals surface area contributed by atoms with Gasteiger partial charge in [-0.1, -0.05) is 38.3 Å². The van der Waals surface area contributed by atoms with Crippen molar-refractivity contribution in [1.82, 2.24) is 15.2 Å². The minimum atomic E-state index is -0.760. The second-order valence-electron chi connectivity index (χ2n) is 7.23. The summed E-state index contributed by atoms with van der Waals surface area (Å²) in [5.41, 5.74) is 0.784. The molecule has 1 aromatic carbocycles. The molecule has 1 aliphatic heterocycles. The van der Waals surface area contributed by atoms with Crippen molar-refractivity contribution in [3.8, 4) is 0 Å². The maximum Gasteiger partial charge on any atom is 0.251 e. The Hall–Kier alpha value is -2.32. The molecule has 1 saturated heterocycles. The number of hydrogen-bond acceptors (Lipinski definition) is 6. The van der Waals surface area contributed by atoms with Gasteiger partial charge in [-0.15, -0.1) is 11.3 Å².